The predicted molar refractivity (Wildman–Crippen MR) is 169 cm³/mol. The molecule has 0 saturated heterocycles. The Hall–Kier alpha value is -4.12. The van der Waals surface area contributed by atoms with Crippen molar-refractivity contribution in [2.24, 2.45) is 5.10 Å². The molecule has 1 aromatic carbocycles. The van der Waals surface area contributed by atoms with Crippen molar-refractivity contribution >= 4 is 34.4 Å². The maximum absolute atomic E-state index is 14.6. The van der Waals surface area contributed by atoms with Gasteiger partial charge in [0, 0.05) is 25.4 Å². The van der Waals surface area contributed by atoms with Gasteiger partial charge in [0.15, 0.2) is 11.3 Å². The molecule has 1 aliphatic rings. The van der Waals surface area contributed by atoms with Crippen LogP contribution < -0.4 is 10.6 Å². The minimum Gasteiger partial charge on any atom is -0.325 e. The van der Waals surface area contributed by atoms with E-state index in [0.29, 0.717) is 5.82 Å². The summed E-state index contributed by atoms with van der Waals surface area (Å²) in [6.45, 7) is 3.34. The molecule has 0 aliphatic carbocycles. The Bertz CT molecular complexity index is 1430. The number of aromatic nitrogens is 3. The normalized spacial score (nSPS) is 16.1. The lowest BCUT2D eigenvalue weighted by Crippen LogP contribution is -2.40. The third kappa shape index (κ3) is 10.6. The van der Waals surface area contributed by atoms with Gasteiger partial charge >= 0.3 is 0 Å². The van der Waals surface area contributed by atoms with Crippen molar-refractivity contribution in [3.8, 4) is 0 Å². The van der Waals surface area contributed by atoms with Crippen LogP contribution in [0.1, 0.15) is 55.6 Å². The number of carbonyl (C=O) groups excluding carboxylic acids is 2. The molecular formula is C32H38FN7O2S. The molecule has 2 unspecified atom stereocenters. The maximum Gasteiger partial charge on any atom is 0.229 e. The molecule has 2 amide bonds. The molecule has 0 spiro atoms. The molecule has 0 saturated carbocycles. The van der Waals surface area contributed by atoms with E-state index in [4.69, 9.17) is 0 Å². The van der Waals surface area contributed by atoms with Gasteiger partial charge in [-0.1, -0.05) is 54.2 Å². The second kappa shape index (κ2) is 15.4. The van der Waals surface area contributed by atoms with E-state index in [1.165, 1.54) is 0 Å². The third-order valence-electron chi connectivity index (χ3n) is 6.69. The molecule has 11 heteroatoms. The van der Waals surface area contributed by atoms with E-state index in [1.807, 2.05) is 55.6 Å². The average molecular weight is 604 g/mol. The first-order valence-corrected chi connectivity index (χ1v) is 15.3. The van der Waals surface area contributed by atoms with Gasteiger partial charge in [-0.15, -0.1) is 5.10 Å². The number of unbranched alkanes of at least 4 members (excludes halogenated alkanes) is 1. The lowest BCUT2D eigenvalue weighted by Gasteiger charge is -2.18. The van der Waals surface area contributed by atoms with Crippen LogP contribution in [0.25, 0.3) is 0 Å². The zero-order valence-electron chi connectivity index (χ0n) is 24.8. The third-order valence-corrected chi connectivity index (χ3v) is 7.89. The summed E-state index contributed by atoms with van der Waals surface area (Å²) in [6, 6.07) is 16.6. The Kier molecular flexibility index (Phi) is 11.4. The monoisotopic (exact) mass is 603 g/mol. The summed E-state index contributed by atoms with van der Waals surface area (Å²) in [5.41, 5.74) is 1.57. The molecule has 43 heavy (non-hydrogen) atoms. The van der Waals surface area contributed by atoms with Crippen LogP contribution in [0.2, 0.25) is 0 Å². The Labute approximate surface area is 256 Å². The van der Waals surface area contributed by atoms with Crippen LogP contribution in [0.3, 0.4) is 0 Å². The summed E-state index contributed by atoms with van der Waals surface area (Å²) >= 11 is 1.55. The van der Waals surface area contributed by atoms with Crippen molar-refractivity contribution in [3.63, 3.8) is 0 Å². The van der Waals surface area contributed by atoms with Crippen LogP contribution in [0.15, 0.2) is 78.0 Å². The number of pyridine rings is 1. The lowest BCUT2D eigenvalue weighted by atomic mass is 9.96. The number of allylic oxidation sites excluding steroid dienone is 2. The van der Waals surface area contributed by atoms with Crippen molar-refractivity contribution in [2.75, 3.05) is 12.4 Å². The fraction of sp³-hybridized carbons (Fsp3) is 0.375. The summed E-state index contributed by atoms with van der Waals surface area (Å²) < 4.78 is 14.6. The second-order valence-electron chi connectivity index (χ2n) is 10.7. The van der Waals surface area contributed by atoms with Crippen LogP contribution in [-0.2, 0) is 35.3 Å². The number of nitrogens with zero attached hydrogens (tertiary/aromatic N) is 5. The first-order valence-electron chi connectivity index (χ1n) is 14.4. The number of alkyl halides is 1. The van der Waals surface area contributed by atoms with Gasteiger partial charge in [0.1, 0.15) is 5.67 Å². The number of aryl methyl sites for hydroxylation is 1. The molecule has 2 atom stereocenters. The Morgan fingerprint density at radius 1 is 1.00 bits per heavy atom. The molecule has 2 N–H and O–H groups in total. The highest BCUT2D eigenvalue weighted by molar-refractivity contribution is 8.14. The van der Waals surface area contributed by atoms with Crippen LogP contribution in [0.4, 0.5) is 10.2 Å². The summed E-state index contributed by atoms with van der Waals surface area (Å²) in [5, 5.41) is 21.5. The molecule has 226 valence electrons. The second-order valence-corrected chi connectivity index (χ2v) is 11.9. The first-order chi connectivity index (χ1) is 20.7. The maximum atomic E-state index is 14.6. The topological polar surface area (TPSA) is 112 Å². The number of rotatable bonds is 14. The highest BCUT2D eigenvalue weighted by Gasteiger charge is 2.26. The fourth-order valence-electron chi connectivity index (χ4n) is 4.71. The predicted octanol–water partition coefficient (Wildman–Crippen LogP) is 5.25. The molecule has 3 aromatic rings. The van der Waals surface area contributed by atoms with Gasteiger partial charge in [0.25, 0.3) is 0 Å². The number of thioether (sulfide) groups is 1. The largest absolute Gasteiger partial charge is 0.325 e. The number of halogens is 1. The zero-order chi connectivity index (χ0) is 30.7. The Balaban J connectivity index is 1.15. The van der Waals surface area contributed by atoms with Crippen molar-refractivity contribution in [1.29, 1.82) is 0 Å². The summed E-state index contributed by atoms with van der Waals surface area (Å²) in [4.78, 5) is 29.2. The van der Waals surface area contributed by atoms with E-state index < -0.39 is 5.67 Å². The van der Waals surface area contributed by atoms with Crippen LogP contribution in [0.5, 0.6) is 0 Å². The van der Waals surface area contributed by atoms with Gasteiger partial charge in [-0.25, -0.2) is 4.39 Å². The van der Waals surface area contributed by atoms with Gasteiger partial charge in [0.2, 0.25) is 11.8 Å². The highest BCUT2D eigenvalue weighted by Crippen LogP contribution is 2.26. The lowest BCUT2D eigenvalue weighted by molar-refractivity contribution is -0.121. The number of hydrogen-bond donors (Lipinski definition) is 2. The minimum atomic E-state index is -1.43. The Morgan fingerprint density at radius 3 is 2.56 bits per heavy atom. The van der Waals surface area contributed by atoms with Crippen molar-refractivity contribution < 1.29 is 14.0 Å². The van der Waals surface area contributed by atoms with E-state index in [-0.39, 0.29) is 36.6 Å². The number of carbonyl (C=O) groups is 2. The summed E-state index contributed by atoms with van der Waals surface area (Å²) in [5.74, 6) is 0.0974. The Morgan fingerprint density at radius 2 is 1.81 bits per heavy atom. The number of amides is 2. The molecule has 0 bridgehead atoms. The number of hydrazone groups is 1. The summed E-state index contributed by atoms with van der Waals surface area (Å²) in [7, 11) is 1.85. The van der Waals surface area contributed by atoms with Gasteiger partial charge in [-0.2, -0.15) is 10.2 Å². The molecule has 9 nitrogen and oxygen atoms in total. The molecule has 1 aliphatic heterocycles. The fourth-order valence-corrected chi connectivity index (χ4v) is 5.80. The summed E-state index contributed by atoms with van der Waals surface area (Å²) in [6.07, 6.45) is 8.96. The van der Waals surface area contributed by atoms with Crippen molar-refractivity contribution in [2.45, 2.75) is 70.0 Å². The van der Waals surface area contributed by atoms with E-state index in [2.05, 4.69) is 30.9 Å². The van der Waals surface area contributed by atoms with Gasteiger partial charge in [-0.05, 0) is 74.9 Å². The van der Waals surface area contributed by atoms with Gasteiger partial charge < -0.3 is 10.6 Å². The quantitative estimate of drug-likeness (QED) is 0.191. The molecule has 0 radical (unpaired) electrons. The van der Waals surface area contributed by atoms with Crippen molar-refractivity contribution in [1.82, 2.24) is 25.5 Å². The van der Waals surface area contributed by atoms with Crippen molar-refractivity contribution in [3.05, 3.63) is 95.5 Å². The number of hydrogen-bond acceptors (Lipinski definition) is 8. The number of nitrogens with one attached hydrogen (secondary N) is 2. The minimum absolute atomic E-state index is 0.0895. The van der Waals surface area contributed by atoms with Gasteiger partial charge in [0.05, 0.1) is 23.6 Å². The van der Waals surface area contributed by atoms with Gasteiger partial charge in [-0.3, -0.25) is 19.6 Å². The van der Waals surface area contributed by atoms with Crippen LogP contribution in [0, 0.1) is 0 Å². The number of anilines is 1. The van der Waals surface area contributed by atoms with E-state index >= 15 is 0 Å². The number of benzene rings is 1. The molecular weight excluding hydrogens is 565 g/mol. The average Bonchev–Trinajstić information content (AvgIpc) is 3.30. The van der Waals surface area contributed by atoms with E-state index in [1.54, 1.807) is 55.0 Å². The highest BCUT2D eigenvalue weighted by atomic mass is 32.2. The standard InChI is InChI=1S/C32H38FN7O2S/c1-4-17-32(2,33)22-24-11-9-10-23(19-24)20-28(41)35-27-16-15-25(37-38-27)12-5-6-14-30-39-40(3)31(43-30)36-29(42)21-26-13-7-8-18-34-26/h4,7-11,13,15-19,31H,5-6,12,14,20-22H2,1-3H3,(H,36,42)(H,35,38,41)/b17-4+. The molecule has 2 aromatic heterocycles. The van der Waals surface area contributed by atoms with E-state index in [9.17, 15) is 14.0 Å². The molecule has 0 fully saturated rings. The smallest absolute Gasteiger partial charge is 0.229 e. The first kappa shape index (κ1) is 31.8. The van der Waals surface area contributed by atoms with Crippen LogP contribution >= 0.6 is 11.8 Å². The molecule has 3 heterocycles. The zero-order valence-corrected chi connectivity index (χ0v) is 25.6. The SMILES string of the molecule is C/C=C/C(C)(F)Cc1cccc(CC(=O)Nc2ccc(CCCCC3=NN(C)C(NC(=O)Cc4ccccn4)S3)nn2)c1. The van der Waals surface area contributed by atoms with E-state index in [0.717, 1.165) is 53.2 Å². The van der Waals surface area contributed by atoms with Crippen LogP contribution in [-0.4, -0.2) is 55.3 Å². The molecule has 4 rings (SSSR count).